The average Bonchev–Trinajstić information content (AvgIpc) is 2.55. The van der Waals surface area contributed by atoms with E-state index in [1.54, 1.807) is 19.2 Å². The molecule has 142 valence electrons. The Labute approximate surface area is 172 Å². The van der Waals surface area contributed by atoms with Crippen molar-refractivity contribution in [3.8, 4) is 0 Å². The summed E-state index contributed by atoms with van der Waals surface area (Å²) in [6.07, 6.45) is 0. The summed E-state index contributed by atoms with van der Waals surface area (Å²) >= 11 is 2.02. The van der Waals surface area contributed by atoms with E-state index in [2.05, 4.69) is 29.1 Å². The van der Waals surface area contributed by atoms with Crippen LogP contribution < -0.4 is 10.5 Å². The molecule has 1 aliphatic heterocycles. The van der Waals surface area contributed by atoms with E-state index in [1.807, 2.05) is 17.8 Å². The Hall–Kier alpha value is -0.520. The molecular weight excluding hydrogens is 471 g/mol. The lowest BCUT2D eigenvalue weighted by Crippen LogP contribution is -2.48. The molecule has 0 radical (unpaired) electrons. The molecule has 6 nitrogen and oxygen atoms in total. The zero-order valence-corrected chi connectivity index (χ0v) is 18.8. The second-order valence-electron chi connectivity index (χ2n) is 6.19. The number of halogens is 1. The van der Waals surface area contributed by atoms with Crippen LogP contribution in [0.1, 0.15) is 19.4 Å². The first-order valence-corrected chi connectivity index (χ1v) is 10.6. The van der Waals surface area contributed by atoms with Crippen molar-refractivity contribution in [1.29, 1.82) is 0 Å². The third kappa shape index (κ3) is 6.61. The molecule has 25 heavy (non-hydrogen) atoms. The van der Waals surface area contributed by atoms with Crippen LogP contribution in [-0.4, -0.2) is 50.4 Å². The lowest BCUT2D eigenvalue weighted by Gasteiger charge is -2.36. The molecule has 9 heteroatoms. The summed E-state index contributed by atoms with van der Waals surface area (Å²) in [6.45, 7) is 6.93. The normalized spacial score (nSPS) is 18.8. The van der Waals surface area contributed by atoms with E-state index in [4.69, 9.17) is 5.14 Å². The van der Waals surface area contributed by atoms with Crippen LogP contribution in [-0.2, 0) is 16.6 Å². The third-order valence-corrected chi connectivity index (χ3v) is 6.48. The van der Waals surface area contributed by atoms with Gasteiger partial charge in [0.25, 0.3) is 0 Å². The average molecular weight is 498 g/mol. The number of nitrogens with two attached hydrogens (primary N) is 1. The van der Waals surface area contributed by atoms with Gasteiger partial charge in [-0.05, 0) is 23.6 Å². The Bertz CT molecular complexity index is 695. The van der Waals surface area contributed by atoms with Crippen LogP contribution in [0.5, 0.6) is 0 Å². The number of rotatable bonds is 4. The first kappa shape index (κ1) is 22.5. The number of hydrogen-bond donors (Lipinski definition) is 2. The van der Waals surface area contributed by atoms with Gasteiger partial charge in [-0.1, -0.05) is 26.0 Å². The molecule has 0 aliphatic carbocycles. The smallest absolute Gasteiger partial charge is 0.238 e. The second-order valence-corrected chi connectivity index (χ2v) is 9.10. The standard InChI is InChI=1S/C16H26N4O2S2.HI/c1-12(2)15-11-20(7-8-23-15)16(18-3)19-10-13-5-4-6-14(9-13)24(17,21)22;/h4-6,9,12,15H,7-8,10-11H2,1-3H3,(H,18,19)(H2,17,21,22);1H. The highest BCUT2D eigenvalue weighted by molar-refractivity contribution is 14.0. The van der Waals surface area contributed by atoms with Crippen LogP contribution in [0.15, 0.2) is 34.2 Å². The van der Waals surface area contributed by atoms with E-state index in [0.717, 1.165) is 30.4 Å². The SMILES string of the molecule is CN=C(NCc1cccc(S(N)(=O)=O)c1)N1CCSC(C(C)C)C1.I. The van der Waals surface area contributed by atoms with Crippen molar-refractivity contribution in [2.75, 3.05) is 25.9 Å². The summed E-state index contributed by atoms with van der Waals surface area (Å²) in [5.41, 5.74) is 0.856. The Morgan fingerprint density at radius 3 is 2.80 bits per heavy atom. The maximum atomic E-state index is 11.4. The Morgan fingerprint density at radius 2 is 2.20 bits per heavy atom. The van der Waals surface area contributed by atoms with E-state index >= 15 is 0 Å². The van der Waals surface area contributed by atoms with Crippen molar-refractivity contribution in [2.24, 2.45) is 16.0 Å². The topological polar surface area (TPSA) is 87.8 Å². The maximum Gasteiger partial charge on any atom is 0.238 e. The minimum atomic E-state index is -3.68. The summed E-state index contributed by atoms with van der Waals surface area (Å²) in [5, 5.41) is 9.11. The quantitative estimate of drug-likeness (QED) is 0.377. The second kappa shape index (κ2) is 9.98. The molecule has 0 amide bonds. The fourth-order valence-electron chi connectivity index (χ4n) is 2.62. The molecule has 0 saturated carbocycles. The van der Waals surface area contributed by atoms with Gasteiger partial charge in [0.1, 0.15) is 0 Å². The van der Waals surface area contributed by atoms with E-state index in [0.29, 0.717) is 17.7 Å². The fraction of sp³-hybridized carbons (Fsp3) is 0.562. The highest BCUT2D eigenvalue weighted by atomic mass is 127. The van der Waals surface area contributed by atoms with Crippen molar-refractivity contribution < 1.29 is 8.42 Å². The van der Waals surface area contributed by atoms with Crippen molar-refractivity contribution in [2.45, 2.75) is 30.5 Å². The molecule has 0 spiro atoms. The molecule has 1 fully saturated rings. The van der Waals surface area contributed by atoms with Crippen molar-refractivity contribution in [3.63, 3.8) is 0 Å². The van der Waals surface area contributed by atoms with E-state index in [-0.39, 0.29) is 28.9 Å². The number of aliphatic imine (C=N–C) groups is 1. The number of thioether (sulfide) groups is 1. The van der Waals surface area contributed by atoms with Gasteiger partial charge in [-0.3, -0.25) is 4.99 Å². The predicted molar refractivity (Wildman–Crippen MR) is 116 cm³/mol. The minimum Gasteiger partial charge on any atom is -0.352 e. The number of hydrogen-bond acceptors (Lipinski definition) is 4. The largest absolute Gasteiger partial charge is 0.352 e. The summed E-state index contributed by atoms with van der Waals surface area (Å²) in [6, 6.07) is 6.67. The zero-order valence-electron chi connectivity index (χ0n) is 14.8. The van der Waals surface area contributed by atoms with Gasteiger partial charge >= 0.3 is 0 Å². The highest BCUT2D eigenvalue weighted by Crippen LogP contribution is 2.24. The Kier molecular flexibility index (Phi) is 8.99. The maximum absolute atomic E-state index is 11.4. The Balaban J connectivity index is 0.00000312. The monoisotopic (exact) mass is 498 g/mol. The molecule has 1 atom stereocenters. The van der Waals surface area contributed by atoms with Gasteiger partial charge in [-0.15, -0.1) is 24.0 Å². The molecule has 1 unspecified atom stereocenters. The van der Waals surface area contributed by atoms with E-state index in [1.165, 1.54) is 6.07 Å². The van der Waals surface area contributed by atoms with Crippen molar-refractivity contribution >= 4 is 51.7 Å². The van der Waals surface area contributed by atoms with Gasteiger partial charge < -0.3 is 10.2 Å². The summed E-state index contributed by atoms with van der Waals surface area (Å²) < 4.78 is 22.9. The van der Waals surface area contributed by atoms with Crippen LogP contribution in [0.3, 0.4) is 0 Å². The molecule has 1 aliphatic rings. The van der Waals surface area contributed by atoms with Crippen LogP contribution in [0.2, 0.25) is 0 Å². The summed E-state index contributed by atoms with van der Waals surface area (Å²) in [7, 11) is -1.90. The number of benzene rings is 1. The number of nitrogens with one attached hydrogen (secondary N) is 1. The van der Waals surface area contributed by atoms with E-state index in [9.17, 15) is 8.42 Å². The molecule has 1 aromatic carbocycles. The van der Waals surface area contributed by atoms with Crippen molar-refractivity contribution in [1.82, 2.24) is 10.2 Å². The first-order valence-electron chi connectivity index (χ1n) is 8.00. The number of nitrogens with zero attached hydrogens (tertiary/aromatic N) is 2. The first-order chi connectivity index (χ1) is 11.3. The van der Waals surface area contributed by atoms with Gasteiger partial charge in [-0.25, -0.2) is 13.6 Å². The van der Waals surface area contributed by atoms with Crippen LogP contribution >= 0.6 is 35.7 Å². The zero-order chi connectivity index (χ0) is 17.7. The summed E-state index contributed by atoms with van der Waals surface area (Å²) in [4.78, 5) is 6.77. The van der Waals surface area contributed by atoms with Gasteiger partial charge in [0.05, 0.1) is 4.90 Å². The highest BCUT2D eigenvalue weighted by Gasteiger charge is 2.24. The van der Waals surface area contributed by atoms with Crippen LogP contribution in [0.4, 0.5) is 0 Å². The lowest BCUT2D eigenvalue weighted by molar-refractivity contribution is 0.380. The molecule has 0 bridgehead atoms. The van der Waals surface area contributed by atoms with Gasteiger partial charge in [0.2, 0.25) is 10.0 Å². The van der Waals surface area contributed by atoms with Crippen LogP contribution in [0, 0.1) is 5.92 Å². The molecule has 1 aromatic rings. The molecule has 2 rings (SSSR count). The van der Waals surface area contributed by atoms with Gasteiger partial charge in [-0.2, -0.15) is 11.8 Å². The molecule has 0 aromatic heterocycles. The summed E-state index contributed by atoms with van der Waals surface area (Å²) in [5.74, 6) is 2.56. The molecular formula is C16H27IN4O2S2. The predicted octanol–water partition coefficient (Wildman–Crippen LogP) is 2.10. The van der Waals surface area contributed by atoms with E-state index < -0.39 is 10.0 Å². The number of sulfonamides is 1. The van der Waals surface area contributed by atoms with Gasteiger partial charge in [0, 0.05) is 37.7 Å². The molecule has 1 saturated heterocycles. The fourth-order valence-corrected chi connectivity index (χ4v) is 4.50. The lowest BCUT2D eigenvalue weighted by atomic mass is 10.1. The molecule has 3 N–H and O–H groups in total. The Morgan fingerprint density at radius 1 is 1.48 bits per heavy atom. The van der Waals surface area contributed by atoms with Crippen molar-refractivity contribution in [3.05, 3.63) is 29.8 Å². The third-order valence-electron chi connectivity index (χ3n) is 4.03. The van der Waals surface area contributed by atoms with Gasteiger partial charge in [0.15, 0.2) is 5.96 Å². The van der Waals surface area contributed by atoms with Crippen LogP contribution in [0.25, 0.3) is 0 Å². The minimum absolute atomic E-state index is 0. The molecule has 1 heterocycles. The number of guanidine groups is 1. The number of primary sulfonamides is 1.